The second-order valence-corrected chi connectivity index (χ2v) is 6.50. The topological polar surface area (TPSA) is 76.2 Å². The predicted octanol–water partition coefficient (Wildman–Crippen LogP) is 3.72. The van der Waals surface area contributed by atoms with Crippen LogP contribution in [0.4, 0.5) is 8.78 Å². The molecule has 0 spiro atoms. The Kier molecular flexibility index (Phi) is 4.14. The summed E-state index contributed by atoms with van der Waals surface area (Å²) in [7, 11) is 0. The van der Waals surface area contributed by atoms with E-state index in [1.54, 1.807) is 0 Å². The second-order valence-electron chi connectivity index (χ2n) is 6.50. The second kappa shape index (κ2) is 5.93. The molecular formula is C15H20F2N2O3. The van der Waals surface area contributed by atoms with Crippen molar-refractivity contribution in [3.63, 3.8) is 0 Å². The molecule has 1 aromatic heterocycles. The number of aliphatic carboxylic acids is 1. The van der Waals surface area contributed by atoms with Crippen molar-refractivity contribution in [2.75, 3.05) is 0 Å². The van der Waals surface area contributed by atoms with Crippen molar-refractivity contribution in [1.29, 1.82) is 0 Å². The van der Waals surface area contributed by atoms with Crippen LogP contribution in [0.2, 0.25) is 0 Å². The molecule has 0 aromatic carbocycles. The monoisotopic (exact) mass is 314 g/mol. The van der Waals surface area contributed by atoms with E-state index in [1.807, 2.05) is 0 Å². The van der Waals surface area contributed by atoms with Crippen molar-refractivity contribution in [3.8, 4) is 0 Å². The van der Waals surface area contributed by atoms with Gasteiger partial charge in [0.15, 0.2) is 0 Å². The summed E-state index contributed by atoms with van der Waals surface area (Å²) in [6.45, 7) is 0. The lowest BCUT2D eigenvalue weighted by Gasteiger charge is -2.26. The number of carbonyl (C=O) groups is 1. The molecule has 0 saturated heterocycles. The van der Waals surface area contributed by atoms with Gasteiger partial charge in [-0.2, -0.15) is 0 Å². The minimum Gasteiger partial charge on any atom is -0.481 e. The van der Waals surface area contributed by atoms with Crippen LogP contribution in [0.1, 0.15) is 75.0 Å². The molecule has 1 heterocycles. The van der Waals surface area contributed by atoms with Gasteiger partial charge in [0, 0.05) is 24.7 Å². The van der Waals surface area contributed by atoms with E-state index >= 15 is 0 Å². The number of hydrogen-bond donors (Lipinski definition) is 1. The Morgan fingerprint density at radius 1 is 1.00 bits per heavy atom. The smallest absolute Gasteiger partial charge is 0.306 e. The molecule has 3 rings (SSSR count). The van der Waals surface area contributed by atoms with Crippen LogP contribution in [0, 0.1) is 5.92 Å². The quantitative estimate of drug-likeness (QED) is 0.920. The van der Waals surface area contributed by atoms with Gasteiger partial charge in [-0.3, -0.25) is 4.79 Å². The highest BCUT2D eigenvalue weighted by atomic mass is 19.3. The number of carboxylic acids is 1. The van der Waals surface area contributed by atoms with Gasteiger partial charge >= 0.3 is 5.97 Å². The van der Waals surface area contributed by atoms with E-state index in [-0.39, 0.29) is 30.6 Å². The zero-order chi connectivity index (χ0) is 15.7. The third-order valence-electron chi connectivity index (χ3n) is 4.95. The molecule has 22 heavy (non-hydrogen) atoms. The number of halogens is 2. The SMILES string of the molecule is O=C(O)C1CCC(c2nnc(C3CCC(F)(F)CC3)o2)CC1. The molecule has 1 aromatic rings. The first-order valence-electron chi connectivity index (χ1n) is 7.88. The molecular weight excluding hydrogens is 294 g/mol. The summed E-state index contributed by atoms with van der Waals surface area (Å²) >= 11 is 0. The molecule has 0 bridgehead atoms. The first kappa shape index (κ1) is 15.4. The third kappa shape index (κ3) is 3.28. The average molecular weight is 314 g/mol. The van der Waals surface area contributed by atoms with Crippen molar-refractivity contribution < 1.29 is 23.1 Å². The standard InChI is InChI=1S/C15H20F2N2O3/c16-15(17)7-5-10(6-8-15)13-19-18-12(22-13)9-1-3-11(4-2-9)14(20)21/h9-11H,1-8H2,(H,20,21). The first-order chi connectivity index (χ1) is 10.4. The summed E-state index contributed by atoms with van der Waals surface area (Å²) in [5.74, 6) is -2.55. The largest absolute Gasteiger partial charge is 0.481 e. The summed E-state index contributed by atoms with van der Waals surface area (Å²) in [6.07, 6.45) is 3.18. The summed E-state index contributed by atoms with van der Waals surface area (Å²) in [4.78, 5) is 10.9. The average Bonchev–Trinajstić information content (AvgIpc) is 2.97. The van der Waals surface area contributed by atoms with E-state index in [1.165, 1.54) is 0 Å². The Morgan fingerprint density at radius 3 is 2.00 bits per heavy atom. The highest BCUT2D eigenvalue weighted by Gasteiger charge is 2.37. The van der Waals surface area contributed by atoms with Crippen LogP contribution in [0.5, 0.6) is 0 Å². The Balaban J connectivity index is 1.59. The molecule has 2 saturated carbocycles. The van der Waals surface area contributed by atoms with E-state index in [4.69, 9.17) is 9.52 Å². The van der Waals surface area contributed by atoms with Crippen LogP contribution in [-0.2, 0) is 4.79 Å². The van der Waals surface area contributed by atoms with Gasteiger partial charge in [0.05, 0.1) is 5.92 Å². The van der Waals surface area contributed by atoms with E-state index in [0.29, 0.717) is 37.5 Å². The molecule has 1 N–H and O–H groups in total. The lowest BCUT2D eigenvalue weighted by atomic mass is 9.82. The van der Waals surface area contributed by atoms with Crippen LogP contribution in [0.15, 0.2) is 4.42 Å². The molecule has 2 aliphatic carbocycles. The fourth-order valence-corrected chi connectivity index (χ4v) is 3.45. The Bertz CT molecular complexity index is 529. The van der Waals surface area contributed by atoms with Gasteiger partial charge < -0.3 is 9.52 Å². The molecule has 2 fully saturated rings. The minimum atomic E-state index is -2.56. The molecule has 0 unspecified atom stereocenters. The number of rotatable bonds is 3. The fraction of sp³-hybridized carbons (Fsp3) is 0.800. The highest BCUT2D eigenvalue weighted by molar-refractivity contribution is 5.70. The van der Waals surface area contributed by atoms with Crippen LogP contribution >= 0.6 is 0 Å². The molecule has 5 nitrogen and oxygen atoms in total. The van der Waals surface area contributed by atoms with Crippen molar-refractivity contribution >= 4 is 5.97 Å². The fourth-order valence-electron chi connectivity index (χ4n) is 3.45. The predicted molar refractivity (Wildman–Crippen MR) is 72.8 cm³/mol. The van der Waals surface area contributed by atoms with Crippen LogP contribution < -0.4 is 0 Å². The maximum absolute atomic E-state index is 13.2. The molecule has 0 aliphatic heterocycles. The molecule has 0 amide bonds. The van der Waals surface area contributed by atoms with Crippen molar-refractivity contribution in [1.82, 2.24) is 10.2 Å². The van der Waals surface area contributed by atoms with Crippen molar-refractivity contribution in [3.05, 3.63) is 11.8 Å². The number of alkyl halides is 2. The van der Waals surface area contributed by atoms with Gasteiger partial charge in [-0.25, -0.2) is 8.78 Å². The lowest BCUT2D eigenvalue weighted by molar-refractivity contribution is -0.142. The van der Waals surface area contributed by atoms with Gasteiger partial charge in [0.25, 0.3) is 0 Å². The van der Waals surface area contributed by atoms with Gasteiger partial charge in [-0.15, -0.1) is 10.2 Å². The summed E-state index contributed by atoms with van der Waals surface area (Å²) in [5, 5.41) is 17.1. The normalized spacial score (nSPS) is 29.4. The molecule has 2 aliphatic rings. The van der Waals surface area contributed by atoms with Crippen LogP contribution in [0.3, 0.4) is 0 Å². The van der Waals surface area contributed by atoms with Gasteiger partial charge in [0.1, 0.15) is 0 Å². The maximum atomic E-state index is 13.2. The lowest BCUT2D eigenvalue weighted by Crippen LogP contribution is -2.23. The van der Waals surface area contributed by atoms with Crippen LogP contribution in [0.25, 0.3) is 0 Å². The number of carboxylic acid groups (broad SMARTS) is 1. The van der Waals surface area contributed by atoms with E-state index < -0.39 is 11.9 Å². The van der Waals surface area contributed by atoms with E-state index in [9.17, 15) is 13.6 Å². The van der Waals surface area contributed by atoms with Gasteiger partial charge in [-0.1, -0.05) is 0 Å². The third-order valence-corrected chi connectivity index (χ3v) is 4.95. The minimum absolute atomic E-state index is 0.0729. The van der Waals surface area contributed by atoms with Crippen molar-refractivity contribution in [2.24, 2.45) is 5.92 Å². The van der Waals surface area contributed by atoms with Crippen molar-refractivity contribution in [2.45, 2.75) is 69.1 Å². The molecule has 0 radical (unpaired) electrons. The maximum Gasteiger partial charge on any atom is 0.306 e. The summed E-state index contributed by atoms with van der Waals surface area (Å²) in [6, 6.07) is 0. The number of hydrogen-bond acceptors (Lipinski definition) is 4. The Hall–Kier alpha value is -1.53. The highest BCUT2D eigenvalue weighted by Crippen LogP contribution is 2.41. The van der Waals surface area contributed by atoms with Crippen LogP contribution in [-0.4, -0.2) is 27.2 Å². The molecule has 7 heteroatoms. The van der Waals surface area contributed by atoms with Gasteiger partial charge in [0.2, 0.25) is 17.7 Å². The Morgan fingerprint density at radius 2 is 1.50 bits per heavy atom. The Labute approximate surface area is 127 Å². The zero-order valence-electron chi connectivity index (χ0n) is 12.3. The molecule has 0 atom stereocenters. The number of nitrogens with zero attached hydrogens (tertiary/aromatic N) is 2. The van der Waals surface area contributed by atoms with E-state index in [2.05, 4.69) is 10.2 Å². The zero-order valence-corrected chi connectivity index (χ0v) is 12.3. The van der Waals surface area contributed by atoms with Gasteiger partial charge in [-0.05, 0) is 38.5 Å². The van der Waals surface area contributed by atoms with E-state index in [0.717, 1.165) is 12.8 Å². The summed E-state index contributed by atoms with van der Waals surface area (Å²) in [5.41, 5.74) is 0. The summed E-state index contributed by atoms with van der Waals surface area (Å²) < 4.78 is 32.1. The number of aromatic nitrogens is 2. The molecule has 122 valence electrons. The first-order valence-corrected chi connectivity index (χ1v) is 7.88.